The summed E-state index contributed by atoms with van der Waals surface area (Å²) in [5, 5.41) is 0.603. The van der Waals surface area contributed by atoms with E-state index in [1.165, 1.54) is 18.1 Å². The van der Waals surface area contributed by atoms with Crippen LogP contribution in [0.3, 0.4) is 0 Å². The van der Waals surface area contributed by atoms with E-state index in [-0.39, 0.29) is 22.7 Å². The van der Waals surface area contributed by atoms with Crippen molar-refractivity contribution in [3.8, 4) is 0 Å². The van der Waals surface area contributed by atoms with Crippen molar-refractivity contribution in [2.45, 2.75) is 18.6 Å². The first-order chi connectivity index (χ1) is 12.7. The molecule has 0 atom stereocenters. The molecule has 0 bridgehead atoms. The normalized spacial score (nSPS) is 10.8. The van der Waals surface area contributed by atoms with Gasteiger partial charge in [-0.25, -0.2) is 9.97 Å². The van der Waals surface area contributed by atoms with Gasteiger partial charge in [-0.3, -0.25) is 9.59 Å². The molecule has 8 heteroatoms. The van der Waals surface area contributed by atoms with Crippen molar-refractivity contribution in [3.63, 3.8) is 0 Å². The number of hydrogen-bond acceptors (Lipinski definition) is 5. The summed E-state index contributed by atoms with van der Waals surface area (Å²) < 4.78 is 1.84. The van der Waals surface area contributed by atoms with Crippen LogP contribution < -0.4 is 10.5 Å². The maximum absolute atomic E-state index is 12.7. The molecule has 0 saturated carbocycles. The number of carbonyl (C=O) groups excluding carboxylic acids is 1. The zero-order valence-electron chi connectivity index (χ0n) is 14.4. The number of carbonyl (C=O) groups is 1. The summed E-state index contributed by atoms with van der Waals surface area (Å²) in [7, 11) is 0. The van der Waals surface area contributed by atoms with Gasteiger partial charge < -0.3 is 14.5 Å². The van der Waals surface area contributed by atoms with Gasteiger partial charge in [0.2, 0.25) is 5.91 Å². The smallest absolute Gasteiger partial charge is 0.278 e. The minimum absolute atomic E-state index is 0.0577. The van der Waals surface area contributed by atoms with Crippen LogP contribution in [0.15, 0.2) is 59.3 Å². The van der Waals surface area contributed by atoms with Crippen LogP contribution in [0.5, 0.6) is 0 Å². The fourth-order valence-electron chi connectivity index (χ4n) is 2.62. The van der Waals surface area contributed by atoms with E-state index in [4.69, 9.17) is 0 Å². The number of H-pyrrole nitrogens is 1. The van der Waals surface area contributed by atoms with Crippen molar-refractivity contribution in [1.82, 2.24) is 19.5 Å². The molecule has 0 unspecified atom stereocenters. The van der Waals surface area contributed by atoms with Gasteiger partial charge in [-0.1, -0.05) is 36.0 Å². The molecule has 0 fully saturated rings. The van der Waals surface area contributed by atoms with Crippen LogP contribution >= 0.6 is 11.8 Å². The summed E-state index contributed by atoms with van der Waals surface area (Å²) >= 11 is 1.30. The fourth-order valence-corrected chi connectivity index (χ4v) is 3.55. The first kappa shape index (κ1) is 17.9. The number of rotatable bonds is 7. The molecule has 0 aliphatic carbocycles. The molecular weight excluding hydrogens is 350 g/mol. The number of aromatic nitrogens is 4. The zero-order valence-corrected chi connectivity index (χ0v) is 15.2. The molecule has 1 amide bonds. The first-order valence-corrected chi connectivity index (χ1v) is 9.17. The van der Waals surface area contributed by atoms with Crippen LogP contribution in [-0.2, 0) is 11.3 Å². The number of imidazole rings is 1. The number of aromatic amines is 1. The number of fused-ring (bicyclic) bond motifs is 1. The molecule has 134 valence electrons. The Labute approximate surface area is 154 Å². The lowest BCUT2D eigenvalue weighted by molar-refractivity contribution is -0.116. The standard InChI is InChI=1S/C18H19N5O2S/c1-3-10-23(13-8-6-5-7-9-13)14(24)11-26-18-21-15-16(22(18)4-2)19-12-20-17(15)25/h3,5-9,12H,1,4,10-11H2,2H3,(H,19,20,25). The van der Waals surface area contributed by atoms with E-state index >= 15 is 0 Å². The molecule has 2 heterocycles. The summed E-state index contributed by atoms with van der Waals surface area (Å²) in [6.45, 7) is 6.71. The van der Waals surface area contributed by atoms with E-state index in [2.05, 4.69) is 21.5 Å². The number of thioether (sulfide) groups is 1. The Morgan fingerprint density at radius 2 is 2.15 bits per heavy atom. The van der Waals surface area contributed by atoms with Gasteiger partial charge in [-0.05, 0) is 19.1 Å². The Morgan fingerprint density at radius 1 is 1.38 bits per heavy atom. The van der Waals surface area contributed by atoms with Crippen LogP contribution in [0, 0.1) is 0 Å². The van der Waals surface area contributed by atoms with Crippen LogP contribution in [-0.4, -0.2) is 37.7 Å². The number of nitrogens with zero attached hydrogens (tertiary/aromatic N) is 4. The fraction of sp³-hybridized carbons (Fsp3) is 0.222. The predicted molar refractivity (Wildman–Crippen MR) is 104 cm³/mol. The molecule has 1 N–H and O–H groups in total. The maximum Gasteiger partial charge on any atom is 0.278 e. The molecule has 3 aromatic rings. The highest BCUT2D eigenvalue weighted by atomic mass is 32.2. The largest absolute Gasteiger partial charge is 0.311 e. The zero-order chi connectivity index (χ0) is 18.5. The molecule has 2 aromatic heterocycles. The minimum atomic E-state index is -0.284. The van der Waals surface area contributed by atoms with Crippen molar-refractivity contribution in [2.24, 2.45) is 0 Å². The van der Waals surface area contributed by atoms with Gasteiger partial charge in [0, 0.05) is 18.8 Å². The second kappa shape index (κ2) is 8.01. The highest BCUT2D eigenvalue weighted by Gasteiger charge is 2.18. The molecule has 7 nitrogen and oxygen atoms in total. The van der Waals surface area contributed by atoms with Crippen molar-refractivity contribution >= 4 is 34.5 Å². The lowest BCUT2D eigenvalue weighted by Gasteiger charge is -2.21. The summed E-state index contributed by atoms with van der Waals surface area (Å²) in [6.07, 6.45) is 3.06. The third-order valence-electron chi connectivity index (χ3n) is 3.82. The van der Waals surface area contributed by atoms with Gasteiger partial charge in [-0.15, -0.1) is 6.58 Å². The Kier molecular flexibility index (Phi) is 5.52. The quantitative estimate of drug-likeness (QED) is 0.511. The number of amides is 1. The average molecular weight is 369 g/mol. The first-order valence-electron chi connectivity index (χ1n) is 8.18. The lowest BCUT2D eigenvalue weighted by Crippen LogP contribution is -2.32. The summed E-state index contributed by atoms with van der Waals surface area (Å²) in [5.74, 6) is 0.141. The van der Waals surface area contributed by atoms with Gasteiger partial charge in [0.05, 0.1) is 12.1 Å². The maximum atomic E-state index is 12.7. The molecule has 0 radical (unpaired) electrons. The molecule has 3 rings (SSSR count). The number of benzene rings is 1. The topological polar surface area (TPSA) is 83.9 Å². The molecule has 1 aromatic carbocycles. The number of nitrogens with one attached hydrogen (secondary N) is 1. The molecule has 0 spiro atoms. The van der Waals surface area contributed by atoms with Crippen LogP contribution in [0.1, 0.15) is 6.92 Å². The third-order valence-corrected chi connectivity index (χ3v) is 4.79. The number of aryl methyl sites for hydroxylation is 1. The molecule has 26 heavy (non-hydrogen) atoms. The lowest BCUT2D eigenvalue weighted by atomic mass is 10.3. The molecule has 0 aliphatic rings. The second-order valence-electron chi connectivity index (χ2n) is 5.46. The van der Waals surface area contributed by atoms with E-state index in [1.54, 1.807) is 11.0 Å². The summed E-state index contributed by atoms with van der Waals surface area (Å²) in [4.78, 5) is 37.4. The SMILES string of the molecule is C=CCN(C(=O)CSc1nc2c(=O)[nH]cnc2n1CC)c1ccccc1. The molecule has 0 aliphatic heterocycles. The Hall–Kier alpha value is -2.87. The Bertz CT molecular complexity index is 980. The van der Waals surface area contributed by atoms with Crippen LogP contribution in [0.4, 0.5) is 5.69 Å². The second-order valence-corrected chi connectivity index (χ2v) is 6.40. The third kappa shape index (κ3) is 3.55. The summed E-state index contributed by atoms with van der Waals surface area (Å²) in [6, 6.07) is 9.46. The number of para-hydroxylation sites is 1. The minimum Gasteiger partial charge on any atom is -0.311 e. The highest BCUT2D eigenvalue weighted by Crippen LogP contribution is 2.22. The van der Waals surface area contributed by atoms with Crippen molar-refractivity contribution in [1.29, 1.82) is 0 Å². The van der Waals surface area contributed by atoms with Crippen molar-refractivity contribution < 1.29 is 4.79 Å². The summed E-state index contributed by atoms with van der Waals surface area (Å²) in [5.41, 5.74) is 1.35. The van der Waals surface area contributed by atoms with E-state index < -0.39 is 0 Å². The van der Waals surface area contributed by atoms with E-state index in [0.717, 1.165) is 5.69 Å². The van der Waals surface area contributed by atoms with E-state index in [9.17, 15) is 9.59 Å². The van der Waals surface area contributed by atoms with E-state index in [0.29, 0.717) is 23.9 Å². The number of anilines is 1. The van der Waals surface area contributed by atoms with Gasteiger partial charge in [0.15, 0.2) is 16.3 Å². The molecule has 0 saturated heterocycles. The Morgan fingerprint density at radius 3 is 2.85 bits per heavy atom. The van der Waals surface area contributed by atoms with Gasteiger partial charge in [0.25, 0.3) is 5.56 Å². The van der Waals surface area contributed by atoms with Crippen LogP contribution in [0.2, 0.25) is 0 Å². The van der Waals surface area contributed by atoms with Crippen LogP contribution in [0.25, 0.3) is 11.2 Å². The van der Waals surface area contributed by atoms with Gasteiger partial charge >= 0.3 is 0 Å². The molecular formula is C18H19N5O2S. The van der Waals surface area contributed by atoms with Gasteiger partial charge in [-0.2, -0.15) is 0 Å². The van der Waals surface area contributed by atoms with Crippen molar-refractivity contribution in [3.05, 3.63) is 59.7 Å². The monoisotopic (exact) mass is 369 g/mol. The predicted octanol–water partition coefficient (Wildman–Crippen LogP) is 2.45. The number of hydrogen-bond donors (Lipinski definition) is 1. The van der Waals surface area contributed by atoms with Gasteiger partial charge in [0.1, 0.15) is 0 Å². The van der Waals surface area contributed by atoms with Crippen molar-refractivity contribution in [2.75, 3.05) is 17.2 Å². The van der Waals surface area contributed by atoms with E-state index in [1.807, 2.05) is 41.8 Å². The average Bonchev–Trinajstić information content (AvgIpc) is 3.04. The Balaban J connectivity index is 1.82. The highest BCUT2D eigenvalue weighted by molar-refractivity contribution is 7.99.